The van der Waals surface area contributed by atoms with Crippen molar-refractivity contribution in [2.45, 2.75) is 6.18 Å². The molecule has 0 aliphatic heterocycles. The maximum absolute atomic E-state index is 12.3. The summed E-state index contributed by atoms with van der Waals surface area (Å²) in [6.07, 6.45) is -4.65. The number of alkyl halides is 3. The second-order valence-electron chi connectivity index (χ2n) is 3.97. The van der Waals surface area contributed by atoms with Gasteiger partial charge in [-0.2, -0.15) is 13.2 Å². The molecular formula is C11H7F3N4O4S. The summed E-state index contributed by atoms with van der Waals surface area (Å²) in [4.78, 5) is 21.6. The minimum Gasteiger partial charge on any atom is -0.477 e. The monoisotopic (exact) mass is 348 g/mol. The molecule has 1 aromatic carbocycles. The number of carbonyl (C=O) groups excluding carboxylic acids is 1. The number of anilines is 1. The minimum atomic E-state index is -4.65. The fourth-order valence-electron chi connectivity index (χ4n) is 1.42. The molecule has 1 heterocycles. The van der Waals surface area contributed by atoms with E-state index in [1.807, 2.05) is 0 Å². The van der Waals surface area contributed by atoms with Gasteiger partial charge in [-0.15, -0.1) is 10.2 Å². The van der Waals surface area contributed by atoms with Crippen molar-refractivity contribution in [1.29, 1.82) is 0 Å². The lowest BCUT2D eigenvalue weighted by Crippen LogP contribution is -2.20. The van der Waals surface area contributed by atoms with Gasteiger partial charge >= 0.3 is 11.9 Å². The third kappa shape index (κ3) is 4.35. The number of amides is 1. The molecule has 0 bridgehead atoms. The Bertz CT molecular complexity index is 734. The summed E-state index contributed by atoms with van der Waals surface area (Å²) < 4.78 is 42.0. The molecule has 1 N–H and O–H groups in total. The number of nitro groups is 1. The first-order valence-electron chi connectivity index (χ1n) is 5.84. The summed E-state index contributed by atoms with van der Waals surface area (Å²) in [7, 11) is 0. The Labute approximate surface area is 130 Å². The second-order valence-corrected chi connectivity index (χ2v) is 4.95. The number of hydrogen-bond donors (Lipinski definition) is 1. The van der Waals surface area contributed by atoms with Crippen LogP contribution in [0, 0.1) is 10.1 Å². The zero-order chi connectivity index (χ0) is 17.0. The van der Waals surface area contributed by atoms with Gasteiger partial charge in [0.05, 0.1) is 4.92 Å². The lowest BCUT2D eigenvalue weighted by molar-refractivity contribution is -0.385. The van der Waals surface area contributed by atoms with Crippen LogP contribution in [0.4, 0.5) is 24.0 Å². The topological polar surface area (TPSA) is 107 Å². The largest absolute Gasteiger partial charge is 0.477 e. The number of carbonyl (C=O) groups is 1. The van der Waals surface area contributed by atoms with Gasteiger partial charge in [0.15, 0.2) is 12.4 Å². The lowest BCUT2D eigenvalue weighted by atomic mass is 10.3. The first kappa shape index (κ1) is 16.6. The van der Waals surface area contributed by atoms with Crippen molar-refractivity contribution in [2.24, 2.45) is 0 Å². The standard InChI is InChI=1S/C11H7F3N4O4S/c12-11(13,14)9-16-17-10(23-9)15-8(19)5-22-7-4-2-1-3-6(7)18(20)21/h1-4H,5H2,(H,15,17,19). The summed E-state index contributed by atoms with van der Waals surface area (Å²) in [6, 6.07) is 5.37. The zero-order valence-corrected chi connectivity index (χ0v) is 11.8. The number of rotatable bonds is 5. The smallest absolute Gasteiger partial charge is 0.445 e. The van der Waals surface area contributed by atoms with Gasteiger partial charge in [-0.05, 0) is 6.07 Å². The average molecular weight is 348 g/mol. The highest BCUT2D eigenvalue weighted by atomic mass is 32.1. The molecule has 12 heteroatoms. The van der Waals surface area contributed by atoms with E-state index in [1.54, 1.807) is 0 Å². The third-order valence-corrected chi connectivity index (χ3v) is 3.22. The summed E-state index contributed by atoms with van der Waals surface area (Å²) in [5.74, 6) is -0.964. The predicted molar refractivity (Wildman–Crippen MR) is 72.1 cm³/mol. The molecule has 0 atom stereocenters. The predicted octanol–water partition coefficient (Wildman–Crippen LogP) is 2.48. The van der Waals surface area contributed by atoms with Crippen LogP contribution in [0.3, 0.4) is 0 Å². The van der Waals surface area contributed by atoms with E-state index in [2.05, 4.69) is 15.5 Å². The number of nitrogens with one attached hydrogen (secondary N) is 1. The summed E-state index contributed by atoms with van der Waals surface area (Å²) >= 11 is 0.155. The zero-order valence-electron chi connectivity index (χ0n) is 11.0. The molecule has 1 aromatic heterocycles. The molecule has 0 aliphatic carbocycles. The maximum Gasteiger partial charge on any atom is 0.445 e. The van der Waals surface area contributed by atoms with Crippen LogP contribution in [0.2, 0.25) is 0 Å². The van der Waals surface area contributed by atoms with Crippen molar-refractivity contribution in [1.82, 2.24) is 10.2 Å². The molecule has 0 unspecified atom stereocenters. The van der Waals surface area contributed by atoms with E-state index >= 15 is 0 Å². The summed E-state index contributed by atoms with van der Waals surface area (Å²) in [5, 5.41) is 17.3. The van der Waals surface area contributed by atoms with E-state index in [1.165, 1.54) is 24.3 Å². The molecule has 0 saturated carbocycles. The Morgan fingerprint density at radius 1 is 1.35 bits per heavy atom. The maximum atomic E-state index is 12.3. The van der Waals surface area contributed by atoms with Gasteiger partial charge < -0.3 is 4.74 Å². The molecule has 0 spiro atoms. The van der Waals surface area contributed by atoms with Gasteiger partial charge in [0.1, 0.15) is 0 Å². The lowest BCUT2D eigenvalue weighted by Gasteiger charge is -2.05. The van der Waals surface area contributed by atoms with Gasteiger partial charge in [0.2, 0.25) is 10.1 Å². The van der Waals surface area contributed by atoms with E-state index in [0.29, 0.717) is 0 Å². The molecule has 0 fully saturated rings. The first-order valence-corrected chi connectivity index (χ1v) is 6.66. The van der Waals surface area contributed by atoms with Gasteiger partial charge in [-0.25, -0.2) is 0 Å². The number of nitro benzene ring substituents is 1. The Hall–Kier alpha value is -2.76. The Morgan fingerprint density at radius 2 is 2.04 bits per heavy atom. The molecule has 2 aromatic rings. The molecule has 2 rings (SSSR count). The molecule has 0 saturated heterocycles. The number of aromatic nitrogens is 2. The average Bonchev–Trinajstić information content (AvgIpc) is 2.94. The van der Waals surface area contributed by atoms with E-state index in [-0.39, 0.29) is 27.9 Å². The van der Waals surface area contributed by atoms with Crippen molar-refractivity contribution in [3.63, 3.8) is 0 Å². The number of para-hydroxylation sites is 2. The van der Waals surface area contributed by atoms with Crippen LogP contribution in [0.15, 0.2) is 24.3 Å². The number of ether oxygens (including phenoxy) is 1. The van der Waals surface area contributed by atoms with Crippen LogP contribution in [-0.4, -0.2) is 27.6 Å². The van der Waals surface area contributed by atoms with Crippen molar-refractivity contribution in [3.8, 4) is 5.75 Å². The third-order valence-electron chi connectivity index (χ3n) is 2.33. The molecule has 23 heavy (non-hydrogen) atoms. The van der Waals surface area contributed by atoms with Crippen LogP contribution in [-0.2, 0) is 11.0 Å². The van der Waals surface area contributed by atoms with Crippen LogP contribution in [0.5, 0.6) is 5.75 Å². The van der Waals surface area contributed by atoms with E-state index < -0.39 is 28.6 Å². The Kier molecular flexibility index (Phi) is 4.74. The summed E-state index contributed by atoms with van der Waals surface area (Å²) in [5.41, 5.74) is -0.337. The second kappa shape index (κ2) is 6.56. The fourth-order valence-corrected chi connectivity index (χ4v) is 2.04. The SMILES string of the molecule is O=C(COc1ccccc1[N+](=O)[O-])Nc1nnc(C(F)(F)F)s1. The normalized spacial score (nSPS) is 11.1. The highest BCUT2D eigenvalue weighted by Gasteiger charge is 2.35. The van der Waals surface area contributed by atoms with E-state index in [9.17, 15) is 28.1 Å². The summed E-state index contributed by atoms with van der Waals surface area (Å²) in [6.45, 7) is -0.633. The van der Waals surface area contributed by atoms with Crippen molar-refractivity contribution >= 4 is 28.1 Å². The quantitative estimate of drug-likeness (QED) is 0.657. The highest BCUT2D eigenvalue weighted by Crippen LogP contribution is 2.33. The van der Waals surface area contributed by atoms with Crippen LogP contribution < -0.4 is 10.1 Å². The molecule has 122 valence electrons. The molecule has 0 aliphatic rings. The van der Waals surface area contributed by atoms with Crippen molar-refractivity contribution in [3.05, 3.63) is 39.4 Å². The van der Waals surface area contributed by atoms with Gasteiger partial charge in [-0.1, -0.05) is 23.5 Å². The molecule has 0 radical (unpaired) electrons. The van der Waals surface area contributed by atoms with Gasteiger partial charge in [-0.3, -0.25) is 20.2 Å². The molecule has 8 nitrogen and oxygen atoms in total. The number of hydrogen-bond acceptors (Lipinski definition) is 7. The van der Waals surface area contributed by atoms with Crippen LogP contribution in [0.1, 0.15) is 5.01 Å². The van der Waals surface area contributed by atoms with E-state index in [0.717, 1.165) is 0 Å². The number of nitrogens with zero attached hydrogens (tertiary/aromatic N) is 3. The van der Waals surface area contributed by atoms with Gasteiger partial charge in [0, 0.05) is 6.07 Å². The van der Waals surface area contributed by atoms with Crippen molar-refractivity contribution < 1.29 is 27.6 Å². The van der Waals surface area contributed by atoms with Crippen LogP contribution in [0.25, 0.3) is 0 Å². The number of halogens is 3. The number of benzene rings is 1. The Balaban J connectivity index is 1.96. The molecular weight excluding hydrogens is 341 g/mol. The fraction of sp³-hybridized carbons (Fsp3) is 0.182. The van der Waals surface area contributed by atoms with Crippen LogP contribution >= 0.6 is 11.3 Å². The molecule has 1 amide bonds. The first-order chi connectivity index (χ1) is 10.8. The van der Waals surface area contributed by atoms with Gasteiger partial charge in [0.25, 0.3) is 5.91 Å². The van der Waals surface area contributed by atoms with E-state index in [4.69, 9.17) is 4.74 Å². The highest BCUT2D eigenvalue weighted by molar-refractivity contribution is 7.15. The minimum absolute atomic E-state index is 0.138. The Morgan fingerprint density at radius 3 is 2.65 bits per heavy atom. The van der Waals surface area contributed by atoms with Crippen molar-refractivity contribution in [2.75, 3.05) is 11.9 Å².